The fraction of sp³-hybridized carbons (Fsp3) is 0.639. The smallest absolute Gasteiger partial charge is 0.407 e. The topological polar surface area (TPSA) is 427 Å². The Hall–Kier alpha value is -9.40. The zero-order valence-electron chi connectivity index (χ0n) is 71.3. The number of likely N-dealkylation sites (N-methyl/N-ethyl adjacent to an activating group) is 1. The number of nitrogens with two attached hydrogens (primary N) is 1. The molecule has 5 rings (SSSR count). The number of primary amides is 1. The van der Waals surface area contributed by atoms with Gasteiger partial charge in [-0.1, -0.05) is 124 Å². The van der Waals surface area contributed by atoms with E-state index in [1.165, 1.54) is 44.8 Å². The molecule has 2 aromatic heterocycles. The van der Waals surface area contributed by atoms with E-state index in [0.29, 0.717) is 63.7 Å². The number of hydrogen-bond donors (Lipinski definition) is 12. The van der Waals surface area contributed by atoms with Crippen LogP contribution in [-0.4, -0.2) is 209 Å². The van der Waals surface area contributed by atoms with E-state index in [4.69, 9.17) is 19.9 Å². The van der Waals surface area contributed by atoms with Crippen LogP contribution in [0.2, 0.25) is 0 Å². The lowest BCUT2D eigenvalue weighted by molar-refractivity contribution is -0.148. The number of aromatic amines is 1. The Kier molecular flexibility index (Phi) is 40.5. The Morgan fingerprint density at radius 1 is 0.722 bits per heavy atom. The lowest BCUT2D eigenvalue weighted by atomic mass is 9.84. The van der Waals surface area contributed by atoms with Crippen molar-refractivity contribution in [2.24, 2.45) is 34.8 Å². The molecule has 4 aromatic rings. The van der Waals surface area contributed by atoms with Gasteiger partial charge >= 0.3 is 12.1 Å². The number of aromatic nitrogens is 3. The van der Waals surface area contributed by atoms with Crippen LogP contribution in [0.15, 0.2) is 78.7 Å². The number of thiazole rings is 1. The van der Waals surface area contributed by atoms with E-state index in [9.17, 15) is 57.5 Å². The summed E-state index contributed by atoms with van der Waals surface area (Å²) in [5, 5.41) is 31.1. The second-order valence-corrected chi connectivity index (χ2v) is 33.8. The Morgan fingerprint density at radius 2 is 1.37 bits per heavy atom. The number of nitrogens with one attached hydrogen (secondary N) is 11. The van der Waals surface area contributed by atoms with Gasteiger partial charge in [0, 0.05) is 75.5 Å². The van der Waals surface area contributed by atoms with Crippen molar-refractivity contribution < 1.29 is 71.7 Å². The first-order chi connectivity index (χ1) is 54.1. The van der Waals surface area contributed by atoms with Gasteiger partial charge in [-0.05, 0) is 142 Å². The minimum Gasteiger partial charge on any atom is -0.450 e. The second kappa shape index (κ2) is 47.6. The molecular weight excluding hydrogens is 1490 g/mol. The summed E-state index contributed by atoms with van der Waals surface area (Å²) in [6.45, 7) is 32.3. The van der Waals surface area contributed by atoms with Crippen LogP contribution < -0.4 is 58.9 Å². The molecule has 115 heavy (non-hydrogen) atoms. The predicted octanol–water partition coefficient (Wildman–Crippen LogP) is 8.10. The molecule has 12 atom stereocenters. The molecule has 1 fully saturated rings. The number of ether oxygens (including phenoxy) is 3. The van der Waals surface area contributed by atoms with Gasteiger partial charge in [-0.25, -0.2) is 19.6 Å². The highest BCUT2D eigenvalue weighted by Crippen LogP contribution is 2.32. The van der Waals surface area contributed by atoms with Crippen molar-refractivity contribution in [3.05, 3.63) is 101 Å². The molecule has 0 unspecified atom stereocenters. The molecule has 640 valence electrons. The second-order valence-electron chi connectivity index (χ2n) is 32.9. The van der Waals surface area contributed by atoms with Crippen LogP contribution in [0.1, 0.15) is 214 Å². The van der Waals surface area contributed by atoms with Crippen molar-refractivity contribution in [3.63, 3.8) is 0 Å². The summed E-state index contributed by atoms with van der Waals surface area (Å²) in [7, 11) is 4.79. The maximum absolute atomic E-state index is 14.3. The van der Waals surface area contributed by atoms with Crippen molar-refractivity contribution >= 4 is 88.1 Å². The maximum atomic E-state index is 14.3. The van der Waals surface area contributed by atoms with Gasteiger partial charge in [0.05, 0.1) is 67.8 Å². The number of imidazole rings is 1. The van der Waals surface area contributed by atoms with Crippen molar-refractivity contribution in [2.45, 2.75) is 266 Å². The van der Waals surface area contributed by atoms with Gasteiger partial charge in [0.2, 0.25) is 47.3 Å². The zero-order chi connectivity index (χ0) is 86.1. The first-order valence-corrected chi connectivity index (χ1v) is 41.0. The first-order valence-electron chi connectivity index (χ1n) is 40.1. The molecule has 13 N–H and O–H groups in total. The summed E-state index contributed by atoms with van der Waals surface area (Å²) >= 11 is 1.49. The van der Waals surface area contributed by atoms with Gasteiger partial charge in [0.15, 0.2) is 5.78 Å². The average molecular weight is 1630 g/mol. The number of Topliss-reactive ketones (excluding diaryl/α,β-unsaturated/α-hetero) is 1. The third-order valence-corrected chi connectivity index (χ3v) is 21.1. The first kappa shape index (κ1) is 98.0. The molecular formula is C83H132N16O15S. The highest BCUT2D eigenvalue weighted by molar-refractivity contribution is 7.09. The molecule has 1 aliphatic rings. The number of H-pyrrole nitrogens is 1. The van der Waals surface area contributed by atoms with Crippen LogP contribution in [0.4, 0.5) is 15.3 Å². The van der Waals surface area contributed by atoms with Gasteiger partial charge in [-0.2, -0.15) is 0 Å². The molecule has 31 nitrogen and oxygen atoms in total. The Balaban J connectivity index is 0.000000484. The molecule has 0 radical (unpaired) electrons. The third-order valence-electron chi connectivity index (χ3n) is 20.2. The number of hydrogen-bond acceptors (Lipinski definition) is 19. The SMILES string of the molecule is CCOC(=O)NC(C)(C)C(=O)N[C@H](C(=O)N(C)[C@@H]([C@@H](C)CC)[C@@H](CC(=O)N1CCC[C@H]1[C@H](OC)[C@@H](C)C(=O)N[C@@H](Cc1ccccc1)c1nccs1)OC)C(C)C.Cc1ccc(NC(=O)[C@H](CCCNC(N)=O)NC(=O)[C@@H](NC(=O)[C@H](CCCCNC(=O)CC[C@@H](NC(C)(C)C)C(=O)C(C)(C)C)NC(=O)c2cnc[nH]2)C(C)C)cc1. The zero-order valence-corrected chi connectivity index (χ0v) is 72.1. The van der Waals surface area contributed by atoms with Gasteiger partial charge in [-0.15, -0.1) is 11.3 Å². The van der Waals surface area contributed by atoms with E-state index in [0.717, 1.165) is 22.6 Å². The van der Waals surface area contributed by atoms with Crippen LogP contribution in [-0.2, 0) is 63.8 Å². The number of methoxy groups -OCH3 is 2. The number of urea groups is 1. The summed E-state index contributed by atoms with van der Waals surface area (Å²) < 4.78 is 17.0. The summed E-state index contributed by atoms with van der Waals surface area (Å²) in [5.41, 5.74) is 5.69. The van der Waals surface area contributed by atoms with Crippen LogP contribution in [0.5, 0.6) is 0 Å². The van der Waals surface area contributed by atoms with Gasteiger partial charge in [0.25, 0.3) is 5.91 Å². The number of likely N-dealkylation sites (tertiary alicyclic amines) is 1. The van der Waals surface area contributed by atoms with E-state index < -0.39 is 113 Å². The number of aryl methyl sites for hydroxylation is 1. The molecule has 3 heterocycles. The molecule has 12 amide bonds. The van der Waals surface area contributed by atoms with Crippen molar-refractivity contribution in [3.8, 4) is 0 Å². The third kappa shape index (κ3) is 32.7. The molecule has 2 aromatic carbocycles. The van der Waals surface area contributed by atoms with Gasteiger partial charge < -0.3 is 87.9 Å². The monoisotopic (exact) mass is 1620 g/mol. The van der Waals surface area contributed by atoms with E-state index >= 15 is 0 Å². The van der Waals surface area contributed by atoms with Gasteiger partial charge in [-0.3, -0.25) is 47.9 Å². The standard InChI is InChI=1S/C42H66N6O8S.C41H66N10O7/c1-12-27(5)35(47(9)39(51)34(26(3)4)45-40(52)42(7,8)46-41(53)56-13-2)32(54-10)25-33(49)48-22-17-20-31(48)36(55-11)28(6)37(50)44-30(38-43-21-23-57-38)24-29-18-15-14-16-19-29;1-25(2)33(38(57)49-30(14-12-22-45-39(42)58)35(54)47-27-17-15-26(3)16-18-27)50-36(55)29(48-37(56)31-23-43-24-46-31)13-10-11-21-44-32(52)20-19-28(51-41(7,8)9)34(53)40(4,5)6/h14-16,18-19,21,23,26-28,30-32,34-36H,12-13,17,20,22,24-25H2,1-11H3,(H,44,50)(H,45,52)(H,46,53);15-18,23-25,28-30,33,51H,10-14,19-22H2,1-9H3,(H,43,46)(H,44,52)(H,47,54)(H,48,56)(H,49,57)(H,50,55)(H3,42,45,58)/t27-,28+,30-,31-,32+,34-,35-,36+;28-,29+,30+,33+/m01/s1. The highest BCUT2D eigenvalue weighted by Gasteiger charge is 2.45. The maximum Gasteiger partial charge on any atom is 0.407 e. The number of rotatable bonds is 44. The fourth-order valence-electron chi connectivity index (χ4n) is 13.6. The Morgan fingerprint density at radius 3 is 1.93 bits per heavy atom. The summed E-state index contributed by atoms with van der Waals surface area (Å²) in [6, 6.07) is 10.6. The summed E-state index contributed by atoms with van der Waals surface area (Å²) in [4.78, 5) is 173. The van der Waals surface area contributed by atoms with Crippen molar-refractivity contribution in [2.75, 3.05) is 52.8 Å². The number of alkyl carbamates (subject to hydrolysis) is 1. The van der Waals surface area contributed by atoms with E-state index in [2.05, 4.69) is 68.1 Å². The minimum absolute atomic E-state index is 0.00493. The number of amides is 12. The van der Waals surface area contributed by atoms with Crippen LogP contribution >= 0.6 is 11.3 Å². The molecule has 0 aliphatic carbocycles. The van der Waals surface area contributed by atoms with Crippen molar-refractivity contribution in [1.29, 1.82) is 0 Å². The summed E-state index contributed by atoms with van der Waals surface area (Å²) in [5.74, 6) is -5.04. The molecule has 0 spiro atoms. The normalized spacial score (nSPS) is 15.9. The van der Waals surface area contributed by atoms with Crippen LogP contribution in [0.3, 0.4) is 0 Å². The predicted molar refractivity (Wildman–Crippen MR) is 443 cm³/mol. The summed E-state index contributed by atoms with van der Waals surface area (Å²) in [6.07, 6.45) is 7.17. The van der Waals surface area contributed by atoms with Crippen molar-refractivity contribution in [1.82, 2.24) is 72.6 Å². The number of unbranched alkanes of at least 4 members (excludes halogenated alkanes) is 1. The number of carbonyl (C=O) groups excluding carboxylic acids is 12. The number of ketones is 1. The lowest BCUT2D eigenvalue weighted by Gasteiger charge is -2.41. The average Bonchev–Trinajstić information content (AvgIpc) is 1.79. The van der Waals surface area contributed by atoms with Crippen LogP contribution in [0, 0.1) is 36.0 Å². The Bertz CT molecular complexity index is 3740. The molecule has 0 saturated carbocycles. The quantitative estimate of drug-likeness (QED) is 0.0186. The molecule has 0 bridgehead atoms. The molecule has 32 heteroatoms. The molecule has 1 saturated heterocycles. The van der Waals surface area contributed by atoms with Crippen LogP contribution in [0.25, 0.3) is 0 Å². The van der Waals surface area contributed by atoms with E-state index in [1.807, 2.05) is 131 Å². The largest absolute Gasteiger partial charge is 0.450 e. The van der Waals surface area contributed by atoms with Gasteiger partial charge in [0.1, 0.15) is 40.4 Å². The van der Waals surface area contributed by atoms with E-state index in [1.54, 1.807) is 63.1 Å². The number of nitrogens with zero attached hydrogens (tertiary/aromatic N) is 4. The number of carbonyl (C=O) groups is 12. The Labute approximate surface area is 683 Å². The number of benzene rings is 2. The highest BCUT2D eigenvalue weighted by atomic mass is 32.1. The minimum atomic E-state index is -1.36. The number of anilines is 1. The fourth-order valence-corrected chi connectivity index (χ4v) is 14.3. The lowest BCUT2D eigenvalue weighted by Crippen LogP contribution is -2.62. The van der Waals surface area contributed by atoms with E-state index in [-0.39, 0.29) is 103 Å². The molecule has 1 aliphatic heterocycles.